The molecule has 0 radical (unpaired) electrons. The van der Waals surface area contributed by atoms with Gasteiger partial charge in [0.2, 0.25) is 12.6 Å². The smallest absolute Gasteiger partial charge is 0.338 e. The van der Waals surface area contributed by atoms with E-state index in [1.807, 2.05) is 0 Å². The Morgan fingerprint density at radius 3 is 1.10 bits per heavy atom. The number of phenolic OH excluding ortho intramolecular Hbond substituents is 21. The second-order valence-corrected chi connectivity index (χ2v) is 31.2. The standard InChI is InChI=1S/C86H78O43/c87-22-53-67(111)70(114)72(116)85(123-53)120-30-16-38(95)55-52(17-30)121-76(25-2-5-33(90)36(93)8-25)81(128-83(118)28-12-46(103)65(109)47(104)13-28)62(55)59-41(98)19-39(96)56-61(69(113)75(126-79(56)59)27-10-44(101)64(108)45(102)11-27)57-40(97)20-42(99)60-63(82(129-84(119)29-14-48(105)66(110)49(106)15-29)77(127-80(57)60)26-3-6-34(91)37(94)9-26)58-43(100)21-51(122-86-73(117)71(115)68(112)54(23-88)124-86)31-18-50(107)74(125-78(31)58)24-1-4-32(89)35(92)7-24/h1-17,19-21,50,53-54,61-63,67-77,81-82,85-117H,18,22-23H2/t50-,53+,54+,61+,62+,63-,67+,68+,69-,70-,71-,72+,73+,74+,75+,76+,77+,81+,82+,85+,86+/m0/s1. The molecule has 0 bridgehead atoms. The number of hydrogen-bond donors (Lipinski definition) is 31. The van der Waals surface area contributed by atoms with Gasteiger partial charge in [0.25, 0.3) is 0 Å². The van der Waals surface area contributed by atoms with E-state index in [0.29, 0.717) is 48.5 Å². The largest absolute Gasteiger partial charge is 0.507 e. The molecule has 680 valence electrons. The fourth-order valence-corrected chi connectivity index (χ4v) is 17.0. The summed E-state index contributed by atoms with van der Waals surface area (Å²) in [5.41, 5.74) is -9.03. The van der Waals surface area contributed by atoms with Crippen molar-refractivity contribution in [2.45, 2.75) is 134 Å². The van der Waals surface area contributed by atoms with Crippen LogP contribution >= 0.6 is 0 Å². The van der Waals surface area contributed by atoms with Gasteiger partial charge in [0, 0.05) is 92.4 Å². The second kappa shape index (κ2) is 33.2. The Hall–Kier alpha value is -14.7. The van der Waals surface area contributed by atoms with Crippen molar-refractivity contribution in [3.8, 4) is 155 Å². The monoisotopic (exact) mass is 1800 g/mol. The molecule has 43 nitrogen and oxygen atoms in total. The summed E-state index contributed by atoms with van der Waals surface area (Å²) in [6, 6.07) is 15.6. The van der Waals surface area contributed by atoms with Gasteiger partial charge in [-0.25, -0.2) is 9.59 Å². The average molecular weight is 1800 g/mol. The van der Waals surface area contributed by atoms with E-state index in [-0.39, 0.29) is 11.1 Å². The molecule has 6 aliphatic rings. The van der Waals surface area contributed by atoms with Gasteiger partial charge in [-0.2, -0.15) is 0 Å². The minimum Gasteiger partial charge on any atom is -0.507 e. The van der Waals surface area contributed by atoms with Crippen LogP contribution in [0.25, 0.3) is 0 Å². The van der Waals surface area contributed by atoms with E-state index in [9.17, 15) is 158 Å². The van der Waals surface area contributed by atoms with Crippen molar-refractivity contribution >= 4 is 11.9 Å². The average Bonchev–Trinajstić information content (AvgIpc) is 0.701. The minimum atomic E-state index is -2.66. The molecule has 6 aliphatic heterocycles. The molecular weight excluding hydrogens is 1720 g/mol. The van der Waals surface area contributed by atoms with Gasteiger partial charge in [-0.1, -0.05) is 18.2 Å². The summed E-state index contributed by atoms with van der Waals surface area (Å²) in [5.74, 6) is -38.5. The SMILES string of the molecule is O=C(O[C@@H]1[C@@H](c2c(O)cc(O[C@@H]3O[C@H](CO)[C@@H](O)[C@H](O)[C@H]3O)c3c2O[C@H](c2ccc(O)c(O)c2)[C@@H](O)C3)c2c(O)cc(O)c([C@H]3c4c(O)cc(O)c([C@H]5c6c(O)cc(O[C@@H]7O[C@H](CO)[C@@H](O)[C@H](O)[C@H]7O)cc6O[C@H](c6ccc(O)c(O)c6)[C@@H]5OC(=O)c5cc(O)c(O)c(O)c5)c4O[C@H](c4cc(O)c(O)c(O)c4)[C@H]3O)c2O[C@@H]1c1ccc(O)c(O)c1)c1cc(O)c(O)c(O)c1. The van der Waals surface area contributed by atoms with E-state index in [2.05, 4.69) is 0 Å². The van der Waals surface area contributed by atoms with Gasteiger partial charge in [-0.05, 0) is 78.4 Å². The minimum absolute atomic E-state index is 0.186. The summed E-state index contributed by atoms with van der Waals surface area (Å²) in [6.07, 6.45) is -39.0. The molecule has 0 aliphatic carbocycles. The molecule has 10 aromatic rings. The molecule has 0 saturated carbocycles. The molecule has 10 aromatic carbocycles. The third kappa shape index (κ3) is 15.1. The first kappa shape index (κ1) is 87.7. The van der Waals surface area contributed by atoms with E-state index in [0.717, 1.165) is 72.8 Å². The Bertz CT molecular complexity index is 6060. The van der Waals surface area contributed by atoms with Crippen molar-refractivity contribution in [1.29, 1.82) is 0 Å². The van der Waals surface area contributed by atoms with Crippen LogP contribution in [-0.4, -0.2) is 269 Å². The first-order valence-corrected chi connectivity index (χ1v) is 38.8. The number of carbonyl (C=O) groups is 2. The lowest BCUT2D eigenvalue weighted by molar-refractivity contribution is -0.277. The molecule has 0 spiro atoms. The lowest BCUT2D eigenvalue weighted by Gasteiger charge is -2.45. The van der Waals surface area contributed by atoms with Crippen LogP contribution in [0.3, 0.4) is 0 Å². The quantitative estimate of drug-likeness (QED) is 0.0460. The van der Waals surface area contributed by atoms with Gasteiger partial charge >= 0.3 is 11.9 Å². The molecule has 31 N–H and O–H groups in total. The van der Waals surface area contributed by atoms with E-state index in [1.54, 1.807) is 0 Å². The van der Waals surface area contributed by atoms with E-state index in [4.69, 9.17) is 47.4 Å². The van der Waals surface area contributed by atoms with Crippen LogP contribution in [0.5, 0.6) is 155 Å². The van der Waals surface area contributed by atoms with Crippen LogP contribution in [0.4, 0.5) is 0 Å². The highest BCUT2D eigenvalue weighted by molar-refractivity contribution is 5.92. The lowest BCUT2D eigenvalue weighted by atomic mass is 9.72. The molecule has 0 aromatic heterocycles. The summed E-state index contributed by atoms with van der Waals surface area (Å²) in [5, 5.41) is 357. The highest BCUT2D eigenvalue weighted by Gasteiger charge is 2.57. The molecule has 129 heavy (non-hydrogen) atoms. The zero-order valence-electron chi connectivity index (χ0n) is 65.6. The highest BCUT2D eigenvalue weighted by atomic mass is 16.7. The molecule has 2 fully saturated rings. The first-order chi connectivity index (χ1) is 61.2. The molecule has 0 amide bonds. The Balaban J connectivity index is 0.997. The van der Waals surface area contributed by atoms with Gasteiger partial charge in [0.05, 0.1) is 48.2 Å². The van der Waals surface area contributed by atoms with Crippen LogP contribution in [0.2, 0.25) is 0 Å². The normalized spacial score (nSPS) is 26.8. The predicted octanol–water partition coefficient (Wildman–Crippen LogP) is 2.51. The number of benzene rings is 10. The van der Waals surface area contributed by atoms with Crippen LogP contribution in [0.1, 0.15) is 124 Å². The topological polar surface area (TPSA) is 754 Å². The van der Waals surface area contributed by atoms with Crippen LogP contribution in [0.15, 0.2) is 121 Å². The zero-order chi connectivity index (χ0) is 92.7. The van der Waals surface area contributed by atoms with E-state index < -0.39 is 376 Å². The number of rotatable bonds is 17. The lowest BCUT2D eigenvalue weighted by Crippen LogP contribution is -2.60. The van der Waals surface area contributed by atoms with Crippen LogP contribution in [-0.2, 0) is 25.4 Å². The van der Waals surface area contributed by atoms with Gasteiger partial charge < -0.3 is 206 Å². The summed E-state index contributed by atoms with van der Waals surface area (Å²) in [6.45, 7) is -2.02. The highest BCUT2D eigenvalue weighted by Crippen LogP contribution is 2.67. The zero-order valence-corrected chi connectivity index (χ0v) is 65.6. The maximum absolute atomic E-state index is 15.4. The first-order valence-electron chi connectivity index (χ1n) is 38.8. The maximum Gasteiger partial charge on any atom is 0.338 e. The van der Waals surface area contributed by atoms with Crippen molar-refractivity contribution in [2.24, 2.45) is 0 Å². The van der Waals surface area contributed by atoms with Gasteiger partial charge in [0.1, 0.15) is 130 Å². The van der Waals surface area contributed by atoms with Crippen molar-refractivity contribution < 1.29 is 215 Å². The summed E-state index contributed by atoms with van der Waals surface area (Å²) >= 11 is 0. The summed E-state index contributed by atoms with van der Waals surface area (Å²) in [7, 11) is 0. The van der Waals surface area contributed by atoms with Crippen LogP contribution < -0.4 is 28.4 Å². The molecule has 2 saturated heterocycles. The van der Waals surface area contributed by atoms with Gasteiger partial charge in [0.15, 0.2) is 117 Å². The Morgan fingerprint density at radius 2 is 0.667 bits per heavy atom. The third-order valence-corrected chi connectivity index (χ3v) is 23.3. The Labute approximate surface area is 720 Å². The van der Waals surface area contributed by atoms with Crippen molar-refractivity contribution in [3.05, 3.63) is 194 Å². The fourth-order valence-electron chi connectivity index (χ4n) is 17.0. The molecule has 21 atom stereocenters. The van der Waals surface area contributed by atoms with Gasteiger partial charge in [-0.15, -0.1) is 0 Å². The number of aliphatic hydroxyl groups excluding tert-OH is 10. The van der Waals surface area contributed by atoms with Crippen molar-refractivity contribution in [3.63, 3.8) is 0 Å². The summed E-state index contributed by atoms with van der Waals surface area (Å²) < 4.78 is 63.3. The Kier molecular flexibility index (Phi) is 22.6. The number of hydrogen-bond acceptors (Lipinski definition) is 43. The second-order valence-electron chi connectivity index (χ2n) is 31.2. The molecule has 43 heteroatoms. The molecular formula is C86H78O43. The number of aliphatic hydroxyl groups is 10. The number of esters is 2. The number of fused-ring (bicyclic) bond motifs is 4. The van der Waals surface area contributed by atoms with Crippen molar-refractivity contribution in [2.75, 3.05) is 13.2 Å². The maximum atomic E-state index is 15.4. The van der Waals surface area contributed by atoms with Crippen LogP contribution in [0, 0.1) is 0 Å². The molecule has 16 rings (SSSR count). The number of carbonyl (C=O) groups excluding carboxylic acids is 2. The van der Waals surface area contributed by atoms with E-state index >= 15 is 9.59 Å². The number of phenols is 21. The molecule has 0 unspecified atom stereocenters. The fraction of sp³-hybridized carbons (Fsp3) is 0.279. The predicted molar refractivity (Wildman–Crippen MR) is 421 cm³/mol. The number of aromatic hydroxyl groups is 21. The summed E-state index contributed by atoms with van der Waals surface area (Å²) in [4.78, 5) is 30.5. The van der Waals surface area contributed by atoms with Crippen molar-refractivity contribution in [1.82, 2.24) is 0 Å². The number of ether oxygens (including phenoxy) is 10. The Morgan fingerprint density at radius 1 is 0.310 bits per heavy atom. The van der Waals surface area contributed by atoms with Gasteiger partial charge in [-0.3, -0.25) is 0 Å². The molecule has 6 heterocycles. The third-order valence-electron chi connectivity index (χ3n) is 23.3. The van der Waals surface area contributed by atoms with E-state index in [1.165, 1.54) is 0 Å².